The Morgan fingerprint density at radius 3 is 2.94 bits per heavy atom. The molecule has 0 amide bonds. The molecule has 5 heteroatoms. The average Bonchev–Trinajstić information content (AvgIpc) is 2.48. The Hall–Kier alpha value is -0.390. The first-order valence-corrected chi connectivity index (χ1v) is 6.32. The predicted molar refractivity (Wildman–Crippen MR) is 64.3 cm³/mol. The summed E-state index contributed by atoms with van der Waals surface area (Å²) in [5.74, 6) is 0.180. The number of aliphatic hydroxyl groups excluding tert-OH is 1. The van der Waals surface area contributed by atoms with E-state index >= 15 is 0 Å². The van der Waals surface area contributed by atoms with Gasteiger partial charge in [0.05, 0.1) is 28.6 Å². The number of nitrogens with zero attached hydrogens (tertiary/aromatic N) is 2. The third kappa shape index (κ3) is 2.31. The minimum Gasteiger partial charge on any atom is -0.393 e. The SMILES string of the molecule is Cc1nn(C)c(CC2COCCC2O)c1Br. The van der Waals surface area contributed by atoms with Crippen molar-refractivity contribution in [3.8, 4) is 0 Å². The second-order valence-electron chi connectivity index (χ2n) is 4.36. The Bertz CT molecular complexity index is 378. The Morgan fingerprint density at radius 1 is 1.62 bits per heavy atom. The monoisotopic (exact) mass is 288 g/mol. The van der Waals surface area contributed by atoms with Gasteiger partial charge in [0, 0.05) is 19.6 Å². The van der Waals surface area contributed by atoms with Crippen LogP contribution >= 0.6 is 15.9 Å². The molecule has 1 aromatic heterocycles. The first-order chi connectivity index (χ1) is 7.59. The number of aromatic nitrogens is 2. The highest BCUT2D eigenvalue weighted by molar-refractivity contribution is 9.10. The normalized spacial score (nSPS) is 26.0. The zero-order chi connectivity index (χ0) is 11.7. The molecule has 1 fully saturated rings. The molecule has 16 heavy (non-hydrogen) atoms. The second kappa shape index (κ2) is 4.85. The van der Waals surface area contributed by atoms with E-state index in [0.717, 1.165) is 28.7 Å². The van der Waals surface area contributed by atoms with Gasteiger partial charge in [-0.2, -0.15) is 5.10 Å². The van der Waals surface area contributed by atoms with Crippen LogP contribution in [-0.2, 0) is 18.2 Å². The molecule has 1 saturated heterocycles. The number of halogens is 1. The molecule has 0 bridgehead atoms. The number of hydrogen-bond donors (Lipinski definition) is 1. The molecule has 0 saturated carbocycles. The van der Waals surface area contributed by atoms with E-state index < -0.39 is 0 Å². The van der Waals surface area contributed by atoms with Gasteiger partial charge in [-0.1, -0.05) is 0 Å². The quantitative estimate of drug-likeness (QED) is 0.896. The Labute approximate surface area is 104 Å². The van der Waals surface area contributed by atoms with Crippen LogP contribution in [-0.4, -0.2) is 34.2 Å². The van der Waals surface area contributed by atoms with Crippen LogP contribution in [0.15, 0.2) is 4.47 Å². The molecule has 4 nitrogen and oxygen atoms in total. The van der Waals surface area contributed by atoms with Crippen molar-refractivity contribution < 1.29 is 9.84 Å². The van der Waals surface area contributed by atoms with Gasteiger partial charge < -0.3 is 9.84 Å². The number of ether oxygens (including phenoxy) is 1. The summed E-state index contributed by atoms with van der Waals surface area (Å²) >= 11 is 3.54. The lowest BCUT2D eigenvalue weighted by Crippen LogP contribution is -2.33. The summed E-state index contributed by atoms with van der Waals surface area (Å²) in [6.45, 7) is 3.28. The summed E-state index contributed by atoms with van der Waals surface area (Å²) in [5, 5.41) is 14.2. The van der Waals surface area contributed by atoms with Gasteiger partial charge in [0.1, 0.15) is 0 Å². The molecule has 0 radical (unpaired) electrons. The van der Waals surface area contributed by atoms with Gasteiger partial charge in [-0.05, 0) is 35.7 Å². The van der Waals surface area contributed by atoms with E-state index in [1.54, 1.807) is 0 Å². The van der Waals surface area contributed by atoms with Gasteiger partial charge in [-0.15, -0.1) is 0 Å². The van der Waals surface area contributed by atoms with Crippen LogP contribution in [0.3, 0.4) is 0 Å². The number of aryl methyl sites for hydroxylation is 2. The molecular weight excluding hydrogens is 272 g/mol. The Kier molecular flexibility index (Phi) is 3.66. The standard InChI is InChI=1S/C11H17BrN2O2/c1-7-11(12)9(14(2)13-7)5-8-6-16-4-3-10(8)15/h8,10,15H,3-6H2,1-2H3. The smallest absolute Gasteiger partial charge is 0.0738 e. The second-order valence-corrected chi connectivity index (χ2v) is 5.16. The molecule has 2 unspecified atom stereocenters. The van der Waals surface area contributed by atoms with E-state index in [1.165, 1.54) is 0 Å². The highest BCUT2D eigenvalue weighted by atomic mass is 79.9. The number of aliphatic hydroxyl groups is 1. The number of rotatable bonds is 2. The van der Waals surface area contributed by atoms with Crippen LogP contribution in [0, 0.1) is 12.8 Å². The first kappa shape index (κ1) is 12.1. The zero-order valence-corrected chi connectivity index (χ0v) is 11.2. The lowest BCUT2D eigenvalue weighted by Gasteiger charge is -2.27. The van der Waals surface area contributed by atoms with Crippen molar-refractivity contribution in [3.63, 3.8) is 0 Å². The minimum atomic E-state index is -0.254. The fraction of sp³-hybridized carbons (Fsp3) is 0.727. The van der Waals surface area contributed by atoms with Gasteiger partial charge in [0.15, 0.2) is 0 Å². The largest absolute Gasteiger partial charge is 0.393 e. The van der Waals surface area contributed by atoms with E-state index in [9.17, 15) is 5.11 Å². The summed E-state index contributed by atoms with van der Waals surface area (Å²) in [6.07, 6.45) is 1.29. The number of hydrogen-bond acceptors (Lipinski definition) is 3. The van der Waals surface area contributed by atoms with Crippen molar-refractivity contribution in [2.45, 2.75) is 25.9 Å². The van der Waals surface area contributed by atoms with Crippen LogP contribution in [0.5, 0.6) is 0 Å². The summed E-state index contributed by atoms with van der Waals surface area (Å²) < 4.78 is 8.33. The van der Waals surface area contributed by atoms with Crippen LogP contribution in [0.4, 0.5) is 0 Å². The highest BCUT2D eigenvalue weighted by Gasteiger charge is 2.26. The van der Waals surface area contributed by atoms with Crippen molar-refractivity contribution in [2.24, 2.45) is 13.0 Å². The molecular formula is C11H17BrN2O2. The Morgan fingerprint density at radius 2 is 2.38 bits per heavy atom. The lowest BCUT2D eigenvalue weighted by molar-refractivity contribution is -0.0356. The van der Waals surface area contributed by atoms with Gasteiger partial charge in [-0.25, -0.2) is 0 Å². The van der Waals surface area contributed by atoms with Crippen molar-refractivity contribution >= 4 is 15.9 Å². The molecule has 1 aromatic rings. The van der Waals surface area contributed by atoms with E-state index in [-0.39, 0.29) is 12.0 Å². The third-order valence-corrected chi connectivity index (χ3v) is 4.18. The molecule has 0 aliphatic carbocycles. The Balaban J connectivity index is 2.13. The fourth-order valence-electron chi connectivity index (χ4n) is 2.13. The van der Waals surface area contributed by atoms with Crippen LogP contribution in [0.1, 0.15) is 17.8 Å². The summed E-state index contributed by atoms with van der Waals surface area (Å²) in [5.41, 5.74) is 2.12. The van der Waals surface area contributed by atoms with Crippen molar-refractivity contribution in [2.75, 3.05) is 13.2 Å². The maximum absolute atomic E-state index is 9.89. The van der Waals surface area contributed by atoms with Crippen LogP contribution < -0.4 is 0 Å². The average molecular weight is 289 g/mol. The maximum atomic E-state index is 9.89. The van der Waals surface area contributed by atoms with E-state index in [4.69, 9.17) is 4.74 Å². The molecule has 2 rings (SSSR count). The predicted octanol–water partition coefficient (Wildman–Crippen LogP) is 1.43. The molecule has 0 spiro atoms. The third-order valence-electron chi connectivity index (χ3n) is 3.15. The van der Waals surface area contributed by atoms with Gasteiger partial charge in [-0.3, -0.25) is 4.68 Å². The molecule has 2 atom stereocenters. The molecule has 1 aliphatic heterocycles. The van der Waals surface area contributed by atoms with Crippen LogP contribution in [0.25, 0.3) is 0 Å². The molecule has 2 heterocycles. The summed E-state index contributed by atoms with van der Waals surface area (Å²) in [4.78, 5) is 0. The molecule has 1 N–H and O–H groups in total. The van der Waals surface area contributed by atoms with Crippen molar-refractivity contribution in [1.29, 1.82) is 0 Å². The van der Waals surface area contributed by atoms with Gasteiger partial charge in [0.2, 0.25) is 0 Å². The van der Waals surface area contributed by atoms with E-state index in [0.29, 0.717) is 13.2 Å². The molecule has 90 valence electrons. The zero-order valence-electron chi connectivity index (χ0n) is 9.61. The first-order valence-electron chi connectivity index (χ1n) is 5.53. The molecule has 1 aliphatic rings. The topological polar surface area (TPSA) is 47.3 Å². The van der Waals surface area contributed by atoms with E-state index in [2.05, 4.69) is 21.0 Å². The van der Waals surface area contributed by atoms with E-state index in [1.807, 2.05) is 18.7 Å². The van der Waals surface area contributed by atoms with Gasteiger partial charge >= 0.3 is 0 Å². The molecule has 0 aromatic carbocycles. The minimum absolute atomic E-state index is 0.180. The maximum Gasteiger partial charge on any atom is 0.0738 e. The van der Waals surface area contributed by atoms with Crippen molar-refractivity contribution in [1.82, 2.24) is 9.78 Å². The fourth-order valence-corrected chi connectivity index (χ4v) is 2.63. The summed E-state index contributed by atoms with van der Waals surface area (Å²) in [6, 6.07) is 0. The van der Waals surface area contributed by atoms with Crippen LogP contribution in [0.2, 0.25) is 0 Å². The highest BCUT2D eigenvalue weighted by Crippen LogP contribution is 2.26. The lowest BCUT2D eigenvalue weighted by atomic mass is 9.94. The van der Waals surface area contributed by atoms with Gasteiger partial charge in [0.25, 0.3) is 0 Å². The van der Waals surface area contributed by atoms with Crippen molar-refractivity contribution in [3.05, 3.63) is 15.9 Å². The summed E-state index contributed by atoms with van der Waals surface area (Å²) in [7, 11) is 1.93.